The average molecular weight is 445 g/mol. The fourth-order valence-corrected chi connectivity index (χ4v) is 4.22. The Hall–Kier alpha value is -4.09. The molecule has 0 fully saturated rings. The molecule has 2 heterocycles. The molecule has 2 aromatic carbocycles. The Morgan fingerprint density at radius 3 is 2.66 bits per heavy atom. The topological polar surface area (TPSA) is 80.7 Å². The summed E-state index contributed by atoms with van der Waals surface area (Å²) in [4.78, 5) is 15.5. The first-order chi connectivity index (χ1) is 15.4. The van der Waals surface area contributed by atoms with Gasteiger partial charge in [0.2, 0.25) is 5.00 Å². The Morgan fingerprint density at radius 2 is 2.00 bits per heavy atom. The molecular weight excluding hydrogens is 424 g/mol. The quantitative estimate of drug-likeness (QED) is 0.345. The Kier molecular flexibility index (Phi) is 5.67. The summed E-state index contributed by atoms with van der Waals surface area (Å²) in [6.07, 6.45) is 0. The second-order valence-electron chi connectivity index (χ2n) is 7.13. The number of anilines is 2. The molecule has 32 heavy (non-hydrogen) atoms. The number of aromatic carboxylic acids is 1. The third kappa shape index (κ3) is 3.82. The van der Waals surface area contributed by atoms with Crippen molar-refractivity contribution in [3.63, 3.8) is 0 Å². The molecule has 0 amide bonds. The fraction of sp³-hybridized carbons (Fsp3) is 0.125. The number of nitrogens with one attached hydrogen (secondary N) is 1. The first kappa shape index (κ1) is 21.2. The highest BCUT2D eigenvalue weighted by atomic mass is 32.1. The molecule has 160 valence electrons. The van der Waals surface area contributed by atoms with Crippen LogP contribution in [0.5, 0.6) is 5.75 Å². The fourth-order valence-electron chi connectivity index (χ4n) is 3.54. The van der Waals surface area contributed by atoms with Crippen LogP contribution in [-0.2, 0) is 0 Å². The molecule has 2 aromatic heterocycles. The Morgan fingerprint density at radius 1 is 1.22 bits per heavy atom. The molecular formula is C24H20N4O3S. The minimum absolute atomic E-state index is 0.0812. The van der Waals surface area contributed by atoms with E-state index in [1.165, 1.54) is 24.5 Å². The van der Waals surface area contributed by atoms with Crippen molar-refractivity contribution in [3.8, 4) is 22.6 Å². The van der Waals surface area contributed by atoms with Crippen LogP contribution in [0, 0.1) is 20.4 Å². The number of nitrogens with zero attached hydrogens (tertiary/aromatic N) is 3. The van der Waals surface area contributed by atoms with E-state index in [1.807, 2.05) is 49.6 Å². The van der Waals surface area contributed by atoms with E-state index in [-0.39, 0.29) is 5.56 Å². The number of aromatic nitrogens is 2. The molecule has 0 saturated heterocycles. The minimum Gasteiger partial charge on any atom is -0.497 e. The van der Waals surface area contributed by atoms with Crippen LogP contribution in [0.3, 0.4) is 0 Å². The van der Waals surface area contributed by atoms with Crippen LogP contribution in [0.4, 0.5) is 16.5 Å². The Labute approximate surface area is 189 Å². The summed E-state index contributed by atoms with van der Waals surface area (Å²) in [5, 5.41) is 20.3. The maximum absolute atomic E-state index is 11.9. The summed E-state index contributed by atoms with van der Waals surface area (Å²) in [6, 6.07) is 14.5. The van der Waals surface area contributed by atoms with E-state index < -0.39 is 5.97 Å². The molecule has 0 bridgehead atoms. The molecule has 4 rings (SSSR count). The molecule has 0 spiro atoms. The number of benzene rings is 2. The van der Waals surface area contributed by atoms with Gasteiger partial charge in [-0.25, -0.2) is 14.3 Å². The second-order valence-corrected chi connectivity index (χ2v) is 8.02. The van der Waals surface area contributed by atoms with E-state index >= 15 is 0 Å². The number of thiophene rings is 1. The standard InChI is InChI=1S/C24H20N4O3S/c1-14-7-5-6-8-20(14)28-23(22(15(2)27-28)16-11-21(25-3)32-13-16)26-19-10-9-17(31-4)12-18(19)24(29)30/h5-13,26H,1-2,4H3,(H,29,30). The molecule has 0 aliphatic heterocycles. The Bertz CT molecular complexity index is 1360. The van der Waals surface area contributed by atoms with Crippen LogP contribution >= 0.6 is 11.3 Å². The molecule has 0 saturated carbocycles. The maximum Gasteiger partial charge on any atom is 0.337 e. The number of methoxy groups -OCH3 is 1. The normalized spacial score (nSPS) is 10.6. The largest absolute Gasteiger partial charge is 0.497 e. The number of para-hydroxylation sites is 1. The predicted molar refractivity (Wildman–Crippen MR) is 126 cm³/mol. The first-order valence-electron chi connectivity index (χ1n) is 9.73. The number of carboxylic acid groups (broad SMARTS) is 1. The molecule has 0 aliphatic carbocycles. The average Bonchev–Trinajstić information content (AvgIpc) is 3.38. The van der Waals surface area contributed by atoms with Gasteiger partial charge < -0.3 is 15.2 Å². The van der Waals surface area contributed by atoms with Gasteiger partial charge in [0, 0.05) is 5.56 Å². The van der Waals surface area contributed by atoms with E-state index in [4.69, 9.17) is 16.4 Å². The van der Waals surface area contributed by atoms with Gasteiger partial charge in [0.1, 0.15) is 11.6 Å². The van der Waals surface area contributed by atoms with Crippen LogP contribution in [-0.4, -0.2) is 28.0 Å². The molecule has 0 radical (unpaired) electrons. The van der Waals surface area contributed by atoms with Gasteiger partial charge in [-0.15, -0.1) is 0 Å². The number of carbonyl (C=O) groups is 1. The molecule has 0 unspecified atom stereocenters. The predicted octanol–water partition coefficient (Wildman–Crippen LogP) is 6.22. The van der Waals surface area contributed by atoms with Gasteiger partial charge in [-0.2, -0.15) is 16.4 Å². The van der Waals surface area contributed by atoms with Crippen molar-refractivity contribution in [1.82, 2.24) is 9.78 Å². The zero-order valence-corrected chi connectivity index (χ0v) is 18.5. The van der Waals surface area contributed by atoms with Crippen LogP contribution in [0.1, 0.15) is 21.6 Å². The van der Waals surface area contributed by atoms with Crippen molar-refractivity contribution in [3.05, 3.63) is 82.1 Å². The van der Waals surface area contributed by atoms with Crippen molar-refractivity contribution in [2.24, 2.45) is 0 Å². The number of carboxylic acids is 1. The monoisotopic (exact) mass is 444 g/mol. The first-order valence-corrected chi connectivity index (χ1v) is 10.6. The molecule has 0 aliphatic rings. The van der Waals surface area contributed by atoms with E-state index in [0.29, 0.717) is 22.3 Å². The number of hydrogen-bond donors (Lipinski definition) is 2. The SMILES string of the molecule is [C-]#[N+]c1cc(-c2c(C)nn(-c3ccccc3C)c2Nc2ccc(OC)cc2C(=O)O)cs1. The van der Waals surface area contributed by atoms with Crippen molar-refractivity contribution in [2.75, 3.05) is 12.4 Å². The highest BCUT2D eigenvalue weighted by Gasteiger charge is 2.22. The third-order valence-electron chi connectivity index (χ3n) is 5.10. The van der Waals surface area contributed by atoms with Crippen LogP contribution < -0.4 is 10.1 Å². The zero-order chi connectivity index (χ0) is 22.8. The molecule has 0 atom stereocenters. The van der Waals surface area contributed by atoms with Gasteiger partial charge in [0.25, 0.3) is 0 Å². The van der Waals surface area contributed by atoms with Gasteiger partial charge in [-0.3, -0.25) is 0 Å². The van der Waals surface area contributed by atoms with E-state index in [2.05, 4.69) is 10.2 Å². The van der Waals surface area contributed by atoms with Crippen LogP contribution in [0.25, 0.3) is 21.7 Å². The Balaban J connectivity index is 1.95. The van der Waals surface area contributed by atoms with Crippen molar-refractivity contribution < 1.29 is 14.6 Å². The molecule has 8 heteroatoms. The zero-order valence-electron chi connectivity index (χ0n) is 17.7. The lowest BCUT2D eigenvalue weighted by Crippen LogP contribution is -2.08. The second kappa shape index (κ2) is 8.57. The van der Waals surface area contributed by atoms with E-state index in [1.54, 1.807) is 16.8 Å². The van der Waals surface area contributed by atoms with Gasteiger partial charge >= 0.3 is 5.97 Å². The number of ether oxygens (including phenoxy) is 1. The van der Waals surface area contributed by atoms with Gasteiger partial charge in [0.15, 0.2) is 0 Å². The van der Waals surface area contributed by atoms with Crippen molar-refractivity contribution in [1.29, 1.82) is 0 Å². The van der Waals surface area contributed by atoms with Gasteiger partial charge in [-0.1, -0.05) is 18.2 Å². The summed E-state index contributed by atoms with van der Waals surface area (Å²) in [5.41, 5.74) is 4.81. The highest BCUT2D eigenvalue weighted by Crippen LogP contribution is 2.40. The smallest absolute Gasteiger partial charge is 0.337 e. The lowest BCUT2D eigenvalue weighted by Gasteiger charge is -2.16. The van der Waals surface area contributed by atoms with Crippen molar-refractivity contribution in [2.45, 2.75) is 13.8 Å². The number of hydrogen-bond acceptors (Lipinski definition) is 5. The summed E-state index contributed by atoms with van der Waals surface area (Å²) in [5.74, 6) is 0.00699. The summed E-state index contributed by atoms with van der Waals surface area (Å²) in [7, 11) is 1.49. The third-order valence-corrected chi connectivity index (χ3v) is 5.92. The van der Waals surface area contributed by atoms with E-state index in [9.17, 15) is 9.90 Å². The maximum atomic E-state index is 11.9. The lowest BCUT2D eigenvalue weighted by atomic mass is 10.1. The number of aryl methyl sites for hydroxylation is 2. The van der Waals surface area contributed by atoms with Crippen LogP contribution in [0.15, 0.2) is 53.9 Å². The van der Waals surface area contributed by atoms with Crippen LogP contribution in [0.2, 0.25) is 0 Å². The summed E-state index contributed by atoms with van der Waals surface area (Å²) < 4.78 is 6.98. The highest BCUT2D eigenvalue weighted by molar-refractivity contribution is 7.14. The summed E-state index contributed by atoms with van der Waals surface area (Å²) in [6.45, 7) is 11.2. The van der Waals surface area contributed by atoms with E-state index in [0.717, 1.165) is 28.1 Å². The molecule has 4 aromatic rings. The minimum atomic E-state index is -1.07. The van der Waals surface area contributed by atoms with Gasteiger partial charge in [0.05, 0.1) is 36.3 Å². The van der Waals surface area contributed by atoms with Crippen molar-refractivity contribution >= 4 is 33.8 Å². The summed E-state index contributed by atoms with van der Waals surface area (Å²) >= 11 is 1.36. The number of rotatable bonds is 6. The lowest BCUT2D eigenvalue weighted by molar-refractivity contribution is 0.0697. The van der Waals surface area contributed by atoms with Gasteiger partial charge in [-0.05, 0) is 60.7 Å². The molecule has 7 nitrogen and oxygen atoms in total. The molecule has 2 N–H and O–H groups in total.